The lowest BCUT2D eigenvalue weighted by atomic mass is 9.95. The molecule has 1 nitrogen and oxygen atoms in total. The molecule has 3 aliphatic rings. The van der Waals surface area contributed by atoms with Gasteiger partial charge in [-0.3, -0.25) is 0 Å². The van der Waals surface area contributed by atoms with Crippen LogP contribution in [0.4, 0.5) is 0 Å². The molecule has 3 fully saturated rings. The zero-order valence-corrected chi connectivity index (χ0v) is 9.50. The third-order valence-corrected chi connectivity index (χ3v) is 7.44. The van der Waals surface area contributed by atoms with E-state index >= 15 is 0 Å². The third-order valence-electron chi connectivity index (χ3n) is 3.83. The molecule has 0 aromatic heterocycles. The average Bonchev–Trinajstić information content (AvgIpc) is 2.62. The van der Waals surface area contributed by atoms with Crippen LogP contribution in [0.1, 0.15) is 25.7 Å². The van der Waals surface area contributed by atoms with Gasteiger partial charge in [0.2, 0.25) is 0 Å². The number of nitrogens with two attached hydrogens (primary N) is 1. The molecular weight excluding hydrogens is 198 g/mol. The molecule has 2 aliphatic carbocycles. The molecule has 0 radical (unpaired) electrons. The maximum absolute atomic E-state index is 6.20. The fourth-order valence-electron chi connectivity index (χ4n) is 3.33. The molecule has 0 amide bonds. The second kappa shape index (κ2) is 3.07. The van der Waals surface area contributed by atoms with Crippen molar-refractivity contribution in [3.05, 3.63) is 0 Å². The van der Waals surface area contributed by atoms with Gasteiger partial charge in [0.25, 0.3) is 0 Å². The summed E-state index contributed by atoms with van der Waals surface area (Å²) in [4.78, 5) is 0. The summed E-state index contributed by atoms with van der Waals surface area (Å²) in [5.41, 5.74) is 6.20. The molecule has 3 rings (SSSR count). The topological polar surface area (TPSA) is 26.0 Å². The Hall–Kier alpha value is 0.660. The Morgan fingerprint density at radius 2 is 1.92 bits per heavy atom. The van der Waals surface area contributed by atoms with Crippen molar-refractivity contribution < 1.29 is 0 Å². The van der Waals surface area contributed by atoms with Crippen molar-refractivity contribution in [2.45, 2.75) is 35.8 Å². The Morgan fingerprint density at radius 1 is 1.15 bits per heavy atom. The van der Waals surface area contributed by atoms with Crippen molar-refractivity contribution in [1.82, 2.24) is 0 Å². The normalized spacial score (nSPS) is 47.3. The molecule has 2 bridgehead atoms. The minimum atomic E-state index is 0.525. The largest absolute Gasteiger partial charge is 0.327 e. The number of rotatable bonds is 0. The SMILES string of the molecule is N[C@@H]1C[C@@H]2C[C@@H]1C1(C2)SCCCS1. The lowest BCUT2D eigenvalue weighted by molar-refractivity contribution is 0.406. The molecule has 13 heavy (non-hydrogen) atoms. The van der Waals surface area contributed by atoms with Gasteiger partial charge < -0.3 is 5.73 Å². The Labute approximate surface area is 88.6 Å². The van der Waals surface area contributed by atoms with E-state index in [2.05, 4.69) is 23.5 Å². The average molecular weight is 215 g/mol. The second-order valence-corrected chi connectivity index (χ2v) is 7.78. The summed E-state index contributed by atoms with van der Waals surface area (Å²) >= 11 is 4.45. The van der Waals surface area contributed by atoms with Crippen LogP contribution in [0.25, 0.3) is 0 Å². The molecule has 1 aliphatic heterocycles. The third kappa shape index (κ3) is 1.27. The molecule has 1 saturated heterocycles. The molecule has 0 aromatic rings. The molecule has 2 saturated carbocycles. The van der Waals surface area contributed by atoms with E-state index in [-0.39, 0.29) is 0 Å². The maximum Gasteiger partial charge on any atom is 0.0656 e. The Kier molecular flexibility index (Phi) is 2.11. The summed E-state index contributed by atoms with van der Waals surface area (Å²) < 4.78 is 0.570. The predicted molar refractivity (Wildman–Crippen MR) is 61.1 cm³/mol. The van der Waals surface area contributed by atoms with Gasteiger partial charge in [-0.15, -0.1) is 23.5 Å². The summed E-state index contributed by atoms with van der Waals surface area (Å²) in [5, 5.41) is 0. The van der Waals surface area contributed by atoms with E-state index in [4.69, 9.17) is 5.73 Å². The van der Waals surface area contributed by atoms with Gasteiger partial charge in [-0.05, 0) is 49.0 Å². The van der Waals surface area contributed by atoms with E-state index in [0.717, 1.165) is 11.8 Å². The minimum absolute atomic E-state index is 0.525. The summed E-state index contributed by atoms with van der Waals surface area (Å²) in [6.07, 6.45) is 5.61. The highest BCUT2D eigenvalue weighted by Crippen LogP contribution is 2.63. The summed E-state index contributed by atoms with van der Waals surface area (Å²) in [5.74, 6) is 4.57. The van der Waals surface area contributed by atoms with Crippen molar-refractivity contribution >= 4 is 23.5 Å². The van der Waals surface area contributed by atoms with Crippen molar-refractivity contribution in [2.75, 3.05) is 11.5 Å². The Balaban J connectivity index is 1.83. The lowest BCUT2D eigenvalue weighted by Gasteiger charge is -2.42. The summed E-state index contributed by atoms with van der Waals surface area (Å²) in [7, 11) is 0. The van der Waals surface area contributed by atoms with Crippen LogP contribution >= 0.6 is 23.5 Å². The molecular formula is C10H17NS2. The minimum Gasteiger partial charge on any atom is -0.327 e. The van der Waals surface area contributed by atoms with Crippen LogP contribution in [-0.2, 0) is 0 Å². The highest BCUT2D eigenvalue weighted by Gasteiger charge is 2.55. The van der Waals surface area contributed by atoms with E-state index in [1.807, 2.05) is 0 Å². The Bertz CT molecular complexity index is 213. The van der Waals surface area contributed by atoms with Crippen molar-refractivity contribution in [3.63, 3.8) is 0 Å². The van der Waals surface area contributed by atoms with Crippen molar-refractivity contribution in [3.8, 4) is 0 Å². The molecule has 3 heteroatoms. The first kappa shape index (κ1) is 8.93. The van der Waals surface area contributed by atoms with Crippen LogP contribution in [0.3, 0.4) is 0 Å². The molecule has 1 spiro atoms. The van der Waals surface area contributed by atoms with Crippen LogP contribution in [0.15, 0.2) is 0 Å². The fraction of sp³-hybridized carbons (Fsp3) is 1.00. The van der Waals surface area contributed by atoms with Gasteiger partial charge in [0.15, 0.2) is 0 Å². The number of hydrogen-bond acceptors (Lipinski definition) is 3. The van der Waals surface area contributed by atoms with Crippen LogP contribution < -0.4 is 5.73 Å². The quantitative estimate of drug-likeness (QED) is 0.671. The maximum atomic E-state index is 6.20. The van der Waals surface area contributed by atoms with Gasteiger partial charge in [-0.2, -0.15) is 0 Å². The first-order chi connectivity index (χ1) is 6.30. The number of fused-ring (bicyclic) bond motifs is 3. The van der Waals surface area contributed by atoms with Crippen molar-refractivity contribution in [1.29, 1.82) is 0 Å². The van der Waals surface area contributed by atoms with E-state index in [1.165, 1.54) is 37.2 Å². The molecule has 74 valence electrons. The van der Waals surface area contributed by atoms with Crippen LogP contribution in [0.2, 0.25) is 0 Å². The van der Waals surface area contributed by atoms with Crippen molar-refractivity contribution in [2.24, 2.45) is 17.6 Å². The molecule has 0 aromatic carbocycles. The van der Waals surface area contributed by atoms with E-state index in [0.29, 0.717) is 10.1 Å². The molecule has 1 heterocycles. The number of thioether (sulfide) groups is 2. The van der Waals surface area contributed by atoms with Crippen LogP contribution in [-0.4, -0.2) is 21.6 Å². The van der Waals surface area contributed by atoms with Crippen LogP contribution in [0, 0.1) is 11.8 Å². The smallest absolute Gasteiger partial charge is 0.0656 e. The predicted octanol–water partition coefficient (Wildman–Crippen LogP) is 2.31. The van der Waals surface area contributed by atoms with E-state index in [9.17, 15) is 0 Å². The van der Waals surface area contributed by atoms with E-state index < -0.39 is 0 Å². The zero-order valence-electron chi connectivity index (χ0n) is 7.87. The van der Waals surface area contributed by atoms with Gasteiger partial charge >= 0.3 is 0 Å². The lowest BCUT2D eigenvalue weighted by Crippen LogP contribution is -2.42. The zero-order chi connectivity index (χ0) is 8.89. The molecule has 3 atom stereocenters. The molecule has 0 unspecified atom stereocenters. The van der Waals surface area contributed by atoms with Gasteiger partial charge in [-0.1, -0.05) is 0 Å². The highest BCUT2D eigenvalue weighted by molar-refractivity contribution is 8.18. The van der Waals surface area contributed by atoms with Gasteiger partial charge in [-0.25, -0.2) is 0 Å². The monoisotopic (exact) mass is 215 g/mol. The first-order valence-electron chi connectivity index (χ1n) is 5.34. The highest BCUT2D eigenvalue weighted by atomic mass is 32.2. The van der Waals surface area contributed by atoms with E-state index in [1.54, 1.807) is 0 Å². The Morgan fingerprint density at radius 3 is 2.54 bits per heavy atom. The van der Waals surface area contributed by atoms with Gasteiger partial charge in [0, 0.05) is 6.04 Å². The van der Waals surface area contributed by atoms with Gasteiger partial charge in [0.1, 0.15) is 0 Å². The fourth-order valence-corrected chi connectivity index (χ4v) is 7.29. The summed E-state index contributed by atoms with van der Waals surface area (Å²) in [6, 6.07) is 0.525. The van der Waals surface area contributed by atoms with Crippen LogP contribution in [0.5, 0.6) is 0 Å². The van der Waals surface area contributed by atoms with Gasteiger partial charge in [0.05, 0.1) is 4.08 Å². The standard InChI is InChI=1S/C10H17NS2/c11-9-5-7-4-8(9)10(6-7)12-2-1-3-13-10/h7-9H,1-6,11H2/t7-,8-,9+/m0/s1. The molecule has 2 N–H and O–H groups in total. The second-order valence-electron chi connectivity index (χ2n) is 4.67. The first-order valence-corrected chi connectivity index (χ1v) is 7.31. The summed E-state index contributed by atoms with van der Waals surface area (Å²) in [6.45, 7) is 0. The number of hydrogen-bond donors (Lipinski definition) is 1.